The Labute approximate surface area is 185 Å². The lowest BCUT2D eigenvalue weighted by Gasteiger charge is -2.22. The average molecular weight is 474 g/mol. The molecule has 29 heavy (non-hydrogen) atoms. The van der Waals surface area contributed by atoms with Crippen molar-refractivity contribution in [3.05, 3.63) is 56.1 Å². The fourth-order valence-corrected chi connectivity index (χ4v) is 5.56. The Morgan fingerprint density at radius 1 is 1.24 bits per heavy atom. The average Bonchev–Trinajstić information content (AvgIpc) is 3.25. The summed E-state index contributed by atoms with van der Waals surface area (Å²) < 4.78 is 27.8. The van der Waals surface area contributed by atoms with Gasteiger partial charge in [0.1, 0.15) is 6.04 Å². The van der Waals surface area contributed by atoms with Gasteiger partial charge in [0.05, 0.1) is 4.34 Å². The van der Waals surface area contributed by atoms with Crippen molar-refractivity contribution in [1.82, 2.24) is 10.0 Å². The van der Waals surface area contributed by atoms with Gasteiger partial charge < -0.3 is 10.2 Å². The van der Waals surface area contributed by atoms with Crippen molar-refractivity contribution >= 4 is 63.0 Å². The number of sulfonamides is 1. The second kappa shape index (κ2) is 9.16. The van der Waals surface area contributed by atoms with Crippen LogP contribution in [-0.2, 0) is 27.8 Å². The summed E-state index contributed by atoms with van der Waals surface area (Å²) in [5, 5.41) is 4.41. The molecular formula is C19H21Cl2N3O3S2. The third-order valence-corrected chi connectivity index (χ3v) is 7.21. The topological polar surface area (TPSA) is 78.5 Å². The van der Waals surface area contributed by atoms with Gasteiger partial charge in [0.2, 0.25) is 15.9 Å². The number of carbonyl (C=O) groups is 1. The quantitative estimate of drug-likeness (QED) is 0.698. The lowest BCUT2D eigenvalue weighted by atomic mass is 10.0. The van der Waals surface area contributed by atoms with Gasteiger partial charge in [-0.15, -0.1) is 23.7 Å². The lowest BCUT2D eigenvalue weighted by Crippen LogP contribution is -2.40. The standard InChI is InChI=1S/C19H20ClN3O3S2.ClH/c20-18-4-3-16(27-18)7-10-28(25,26)22-17-6-9-23(19(17)24)15-2-1-14-12-21-8-5-13(14)11-15;/h1-4,7,10-11,17,21-22H,5-6,8-9,12H2;1H/t17-;/m0./s1. The molecule has 2 aromatic rings. The van der Waals surface area contributed by atoms with Crippen LogP contribution < -0.4 is 14.9 Å². The summed E-state index contributed by atoms with van der Waals surface area (Å²) in [7, 11) is -3.73. The largest absolute Gasteiger partial charge is 0.312 e. The van der Waals surface area contributed by atoms with Crippen LogP contribution in [0.25, 0.3) is 6.08 Å². The highest BCUT2D eigenvalue weighted by atomic mass is 35.5. The highest BCUT2D eigenvalue weighted by molar-refractivity contribution is 7.92. The number of amides is 1. The van der Waals surface area contributed by atoms with E-state index in [0.29, 0.717) is 17.3 Å². The number of hydrogen-bond donors (Lipinski definition) is 2. The molecule has 0 radical (unpaired) electrons. The zero-order chi connectivity index (χ0) is 19.7. The van der Waals surface area contributed by atoms with Gasteiger partial charge in [0.25, 0.3) is 0 Å². The molecule has 0 bridgehead atoms. The number of nitrogens with zero attached hydrogens (tertiary/aromatic N) is 1. The zero-order valence-electron chi connectivity index (χ0n) is 15.4. The molecule has 6 nitrogen and oxygen atoms in total. The molecule has 3 heterocycles. The van der Waals surface area contributed by atoms with Gasteiger partial charge >= 0.3 is 0 Å². The number of rotatable bonds is 5. The first-order valence-corrected chi connectivity index (χ1v) is 11.7. The number of thiophene rings is 1. The van der Waals surface area contributed by atoms with Crippen LogP contribution in [0.1, 0.15) is 22.4 Å². The van der Waals surface area contributed by atoms with Crippen LogP contribution in [-0.4, -0.2) is 33.5 Å². The zero-order valence-corrected chi connectivity index (χ0v) is 18.6. The maximum Gasteiger partial charge on any atom is 0.245 e. The van der Waals surface area contributed by atoms with E-state index in [0.717, 1.165) is 35.5 Å². The monoisotopic (exact) mass is 473 g/mol. The van der Waals surface area contributed by atoms with E-state index in [-0.39, 0.29) is 18.3 Å². The van der Waals surface area contributed by atoms with Crippen LogP contribution in [0.15, 0.2) is 35.7 Å². The number of fused-ring (bicyclic) bond motifs is 1. The Morgan fingerprint density at radius 2 is 2.07 bits per heavy atom. The molecular weight excluding hydrogens is 453 g/mol. The Kier molecular flexibility index (Phi) is 7.03. The van der Waals surface area contributed by atoms with Gasteiger partial charge in [-0.2, -0.15) is 4.72 Å². The lowest BCUT2D eigenvalue weighted by molar-refractivity contribution is -0.118. The van der Waals surface area contributed by atoms with Crippen LogP contribution in [0.5, 0.6) is 0 Å². The first-order chi connectivity index (χ1) is 13.4. The summed E-state index contributed by atoms with van der Waals surface area (Å²) in [5.74, 6) is -0.218. The van der Waals surface area contributed by atoms with Crippen molar-refractivity contribution in [2.75, 3.05) is 18.0 Å². The van der Waals surface area contributed by atoms with E-state index >= 15 is 0 Å². The van der Waals surface area contributed by atoms with Crippen molar-refractivity contribution < 1.29 is 13.2 Å². The fourth-order valence-electron chi connectivity index (χ4n) is 3.49. The van der Waals surface area contributed by atoms with Crippen molar-refractivity contribution in [3.8, 4) is 0 Å². The van der Waals surface area contributed by atoms with Crippen molar-refractivity contribution in [1.29, 1.82) is 0 Å². The molecule has 2 N–H and O–H groups in total. The van der Waals surface area contributed by atoms with E-state index in [2.05, 4.69) is 10.0 Å². The van der Waals surface area contributed by atoms with Crippen LogP contribution in [0.3, 0.4) is 0 Å². The minimum absolute atomic E-state index is 0. The molecule has 0 unspecified atom stereocenters. The van der Waals surface area contributed by atoms with E-state index in [1.54, 1.807) is 17.0 Å². The molecule has 2 aliphatic heterocycles. The van der Waals surface area contributed by atoms with Crippen LogP contribution in [0.4, 0.5) is 5.69 Å². The van der Waals surface area contributed by atoms with E-state index in [9.17, 15) is 13.2 Å². The molecule has 4 rings (SSSR count). The summed E-state index contributed by atoms with van der Waals surface area (Å²) >= 11 is 7.14. The Balaban J connectivity index is 0.00000240. The summed E-state index contributed by atoms with van der Waals surface area (Å²) in [6, 6.07) is 8.72. The Hall–Kier alpha value is -1.42. The fraction of sp³-hybridized carbons (Fsp3) is 0.316. The predicted molar refractivity (Wildman–Crippen MR) is 120 cm³/mol. The second-order valence-corrected chi connectivity index (χ2v) is 10.2. The minimum atomic E-state index is -3.73. The van der Waals surface area contributed by atoms with Crippen LogP contribution in [0, 0.1) is 0 Å². The SMILES string of the molecule is Cl.O=C1[C@@H](NS(=O)(=O)C=Cc2ccc(Cl)s2)CCN1c1ccc2c(c1)CCNC2. The van der Waals surface area contributed by atoms with E-state index in [1.807, 2.05) is 18.2 Å². The van der Waals surface area contributed by atoms with Crippen molar-refractivity contribution in [2.24, 2.45) is 0 Å². The molecule has 2 aliphatic rings. The molecule has 1 atom stereocenters. The molecule has 1 aromatic carbocycles. The number of anilines is 1. The van der Waals surface area contributed by atoms with Gasteiger partial charge in [-0.3, -0.25) is 4.79 Å². The molecule has 0 aliphatic carbocycles. The highest BCUT2D eigenvalue weighted by Crippen LogP contribution is 2.27. The number of benzene rings is 1. The molecule has 1 fully saturated rings. The number of halogens is 2. The number of hydrogen-bond acceptors (Lipinski definition) is 5. The van der Waals surface area contributed by atoms with Gasteiger partial charge in [-0.05, 0) is 60.9 Å². The smallest absolute Gasteiger partial charge is 0.245 e. The van der Waals surface area contributed by atoms with Gasteiger partial charge in [0.15, 0.2) is 0 Å². The molecule has 156 valence electrons. The molecule has 1 amide bonds. The molecule has 10 heteroatoms. The van der Waals surface area contributed by atoms with Crippen molar-refractivity contribution in [3.63, 3.8) is 0 Å². The normalized spacial score (nSPS) is 19.4. The van der Waals surface area contributed by atoms with E-state index in [4.69, 9.17) is 11.6 Å². The summed E-state index contributed by atoms with van der Waals surface area (Å²) in [5.41, 5.74) is 3.32. The Bertz CT molecular complexity index is 1040. The molecule has 0 spiro atoms. The maximum atomic E-state index is 12.8. The molecule has 1 aromatic heterocycles. The molecule has 1 saturated heterocycles. The molecule has 0 saturated carbocycles. The summed E-state index contributed by atoms with van der Waals surface area (Å²) in [4.78, 5) is 15.2. The first-order valence-electron chi connectivity index (χ1n) is 9.01. The number of nitrogens with one attached hydrogen (secondary N) is 2. The first kappa shape index (κ1) is 22.3. The summed E-state index contributed by atoms with van der Waals surface area (Å²) in [6.07, 6.45) is 2.85. The van der Waals surface area contributed by atoms with Crippen LogP contribution in [0.2, 0.25) is 4.34 Å². The van der Waals surface area contributed by atoms with E-state index < -0.39 is 16.1 Å². The van der Waals surface area contributed by atoms with Crippen molar-refractivity contribution in [2.45, 2.75) is 25.4 Å². The second-order valence-electron chi connectivity index (χ2n) is 6.82. The summed E-state index contributed by atoms with van der Waals surface area (Å²) in [6.45, 7) is 2.26. The Morgan fingerprint density at radius 3 is 2.83 bits per heavy atom. The minimum Gasteiger partial charge on any atom is -0.312 e. The third kappa shape index (κ3) is 5.20. The van der Waals surface area contributed by atoms with Gasteiger partial charge in [0, 0.05) is 29.1 Å². The number of carbonyl (C=O) groups excluding carboxylic acids is 1. The van der Waals surface area contributed by atoms with Gasteiger partial charge in [-0.1, -0.05) is 17.7 Å². The maximum absolute atomic E-state index is 12.8. The van der Waals surface area contributed by atoms with E-state index in [1.165, 1.54) is 28.5 Å². The van der Waals surface area contributed by atoms with Gasteiger partial charge in [-0.25, -0.2) is 8.42 Å². The predicted octanol–water partition coefficient (Wildman–Crippen LogP) is 3.16. The highest BCUT2D eigenvalue weighted by Gasteiger charge is 2.35. The third-order valence-electron chi connectivity index (χ3n) is 4.91. The van der Waals surface area contributed by atoms with Crippen LogP contribution >= 0.6 is 35.3 Å².